The van der Waals surface area contributed by atoms with Gasteiger partial charge in [0.15, 0.2) is 0 Å². The average Bonchev–Trinajstić information content (AvgIpc) is 2.45. The number of nitrogens with zero attached hydrogens (tertiary/aromatic N) is 1. The number of hydrogen-bond donors (Lipinski definition) is 2. The molecule has 1 heterocycles. The van der Waals surface area contributed by atoms with Gasteiger partial charge in [0.25, 0.3) is 5.91 Å². The quantitative estimate of drug-likeness (QED) is 0.877. The lowest BCUT2D eigenvalue weighted by Crippen LogP contribution is -2.13. The van der Waals surface area contributed by atoms with E-state index in [1.54, 1.807) is 18.2 Å². The number of benzene rings is 1. The number of aromatic nitrogens is 1. The van der Waals surface area contributed by atoms with Crippen LogP contribution >= 0.6 is 23.2 Å². The Morgan fingerprint density at radius 1 is 1.29 bits per heavy atom. The zero-order valence-electron chi connectivity index (χ0n) is 11.7. The van der Waals surface area contributed by atoms with Gasteiger partial charge in [0.1, 0.15) is 5.82 Å². The first-order valence-electron chi connectivity index (χ1n) is 6.48. The first kappa shape index (κ1) is 15.6. The van der Waals surface area contributed by atoms with Crippen LogP contribution in [0.5, 0.6) is 0 Å². The normalized spacial score (nSPS) is 10.3. The average molecular weight is 324 g/mol. The predicted octanol–water partition coefficient (Wildman–Crippen LogP) is 4.38. The van der Waals surface area contributed by atoms with Crippen LogP contribution in [0, 0.1) is 6.92 Å². The zero-order valence-corrected chi connectivity index (χ0v) is 13.2. The van der Waals surface area contributed by atoms with E-state index in [0.717, 1.165) is 5.56 Å². The minimum absolute atomic E-state index is 0.280. The molecule has 0 aliphatic rings. The molecule has 0 aliphatic heterocycles. The summed E-state index contributed by atoms with van der Waals surface area (Å²) in [6.45, 7) is 4.55. The molecule has 2 aromatic rings. The second-order valence-corrected chi connectivity index (χ2v) is 5.34. The van der Waals surface area contributed by atoms with E-state index in [-0.39, 0.29) is 5.91 Å². The van der Waals surface area contributed by atoms with Gasteiger partial charge in [-0.05, 0) is 37.6 Å². The molecule has 0 atom stereocenters. The van der Waals surface area contributed by atoms with Crippen molar-refractivity contribution in [2.75, 3.05) is 17.2 Å². The van der Waals surface area contributed by atoms with E-state index in [9.17, 15) is 4.79 Å². The Balaban J connectivity index is 2.20. The molecule has 1 aromatic heterocycles. The van der Waals surface area contributed by atoms with Gasteiger partial charge in [-0.3, -0.25) is 4.79 Å². The third-order valence-corrected chi connectivity index (χ3v) is 3.42. The highest BCUT2D eigenvalue weighted by atomic mass is 35.5. The van der Waals surface area contributed by atoms with Crippen LogP contribution in [-0.4, -0.2) is 17.4 Å². The molecule has 21 heavy (non-hydrogen) atoms. The summed E-state index contributed by atoms with van der Waals surface area (Å²) >= 11 is 12.0. The third-order valence-electron chi connectivity index (χ3n) is 2.90. The fourth-order valence-electron chi connectivity index (χ4n) is 1.78. The molecule has 0 fully saturated rings. The number of hydrogen-bond acceptors (Lipinski definition) is 3. The first-order chi connectivity index (χ1) is 10.0. The van der Waals surface area contributed by atoms with Gasteiger partial charge in [0, 0.05) is 23.5 Å². The van der Waals surface area contributed by atoms with Crippen molar-refractivity contribution in [1.29, 1.82) is 0 Å². The second-order valence-electron chi connectivity index (χ2n) is 4.50. The Labute approximate surface area is 133 Å². The van der Waals surface area contributed by atoms with E-state index in [4.69, 9.17) is 23.2 Å². The van der Waals surface area contributed by atoms with Crippen LogP contribution in [0.2, 0.25) is 10.0 Å². The number of amides is 1. The smallest absolute Gasteiger partial charge is 0.257 e. The van der Waals surface area contributed by atoms with Crippen LogP contribution in [0.1, 0.15) is 22.8 Å². The van der Waals surface area contributed by atoms with Crippen LogP contribution in [0.4, 0.5) is 11.5 Å². The molecule has 0 bridgehead atoms. The Kier molecular flexibility index (Phi) is 5.04. The lowest BCUT2D eigenvalue weighted by atomic mass is 10.2. The first-order valence-corrected chi connectivity index (χ1v) is 7.23. The molecule has 0 saturated carbocycles. The Bertz CT molecular complexity index is 674. The van der Waals surface area contributed by atoms with E-state index in [2.05, 4.69) is 15.6 Å². The molecule has 2 N–H and O–H groups in total. The van der Waals surface area contributed by atoms with Crippen LogP contribution in [0.3, 0.4) is 0 Å². The third kappa shape index (κ3) is 3.86. The highest BCUT2D eigenvalue weighted by Crippen LogP contribution is 2.23. The summed E-state index contributed by atoms with van der Waals surface area (Å²) < 4.78 is 0. The van der Waals surface area contributed by atoms with Gasteiger partial charge in [0.2, 0.25) is 0 Å². The molecule has 0 aliphatic carbocycles. The molecule has 4 nitrogen and oxygen atoms in total. The fourth-order valence-corrected chi connectivity index (χ4v) is 2.19. The summed E-state index contributed by atoms with van der Waals surface area (Å²) in [5.74, 6) is 0.285. The molecule has 0 unspecified atom stereocenters. The summed E-state index contributed by atoms with van der Waals surface area (Å²) in [5.41, 5.74) is 1.98. The molecule has 110 valence electrons. The summed E-state index contributed by atoms with van der Waals surface area (Å²) in [5, 5.41) is 6.79. The maximum atomic E-state index is 12.2. The lowest BCUT2D eigenvalue weighted by molar-refractivity contribution is 0.102. The highest BCUT2D eigenvalue weighted by molar-refractivity contribution is 6.33. The van der Waals surface area contributed by atoms with E-state index >= 15 is 0 Å². The van der Waals surface area contributed by atoms with Crippen molar-refractivity contribution in [3.05, 3.63) is 51.6 Å². The fraction of sp³-hybridized carbons (Fsp3) is 0.200. The Morgan fingerprint density at radius 3 is 2.71 bits per heavy atom. The van der Waals surface area contributed by atoms with E-state index in [1.807, 2.05) is 19.9 Å². The summed E-state index contributed by atoms with van der Waals surface area (Å²) in [6.07, 6.45) is 1.49. The van der Waals surface area contributed by atoms with Gasteiger partial charge < -0.3 is 10.6 Å². The van der Waals surface area contributed by atoms with Crippen LogP contribution in [0.15, 0.2) is 30.5 Å². The molecule has 0 saturated heterocycles. The van der Waals surface area contributed by atoms with E-state index in [1.165, 1.54) is 6.20 Å². The van der Waals surface area contributed by atoms with Gasteiger partial charge >= 0.3 is 0 Å². The molecule has 1 amide bonds. The Hall–Kier alpha value is -1.78. The van der Waals surface area contributed by atoms with Crippen LogP contribution < -0.4 is 10.6 Å². The van der Waals surface area contributed by atoms with Crippen LogP contribution in [-0.2, 0) is 0 Å². The minimum atomic E-state index is -0.280. The van der Waals surface area contributed by atoms with Crippen molar-refractivity contribution < 1.29 is 4.79 Å². The largest absolute Gasteiger partial charge is 0.369 e. The SMILES string of the molecule is CCNc1ncc(C(=O)Nc2cc(Cl)ccc2C)cc1Cl. The predicted molar refractivity (Wildman–Crippen MR) is 87.6 cm³/mol. The van der Waals surface area contributed by atoms with Crippen molar-refractivity contribution in [1.82, 2.24) is 4.98 Å². The number of carbonyl (C=O) groups is 1. The van der Waals surface area contributed by atoms with Gasteiger partial charge in [-0.1, -0.05) is 29.3 Å². The molecular weight excluding hydrogens is 309 g/mol. The number of carbonyl (C=O) groups excluding carboxylic acids is 1. The van der Waals surface area contributed by atoms with Crippen molar-refractivity contribution >= 4 is 40.6 Å². The van der Waals surface area contributed by atoms with Gasteiger partial charge in [0.05, 0.1) is 10.6 Å². The van der Waals surface area contributed by atoms with Gasteiger partial charge in [-0.15, -0.1) is 0 Å². The monoisotopic (exact) mass is 323 g/mol. The molecule has 2 rings (SSSR count). The topological polar surface area (TPSA) is 54.0 Å². The summed E-state index contributed by atoms with van der Waals surface area (Å²) in [7, 11) is 0. The van der Waals surface area contributed by atoms with Gasteiger partial charge in [-0.2, -0.15) is 0 Å². The van der Waals surface area contributed by atoms with E-state index < -0.39 is 0 Å². The number of pyridine rings is 1. The van der Waals surface area contributed by atoms with Gasteiger partial charge in [-0.25, -0.2) is 4.98 Å². The minimum Gasteiger partial charge on any atom is -0.369 e. The Morgan fingerprint density at radius 2 is 2.05 bits per heavy atom. The molecule has 6 heteroatoms. The maximum absolute atomic E-state index is 12.2. The van der Waals surface area contributed by atoms with Crippen molar-refractivity contribution in [2.45, 2.75) is 13.8 Å². The summed E-state index contributed by atoms with van der Waals surface area (Å²) in [4.78, 5) is 16.4. The van der Waals surface area contributed by atoms with Crippen molar-refractivity contribution in [3.8, 4) is 0 Å². The number of nitrogens with one attached hydrogen (secondary N) is 2. The molecule has 1 aromatic carbocycles. The zero-order chi connectivity index (χ0) is 15.4. The van der Waals surface area contributed by atoms with Crippen LogP contribution in [0.25, 0.3) is 0 Å². The number of anilines is 2. The maximum Gasteiger partial charge on any atom is 0.257 e. The standard InChI is InChI=1S/C15H15Cl2N3O/c1-3-18-14-12(17)6-10(8-19-14)15(21)20-13-7-11(16)5-4-9(13)2/h4-8H,3H2,1-2H3,(H,18,19)(H,20,21). The summed E-state index contributed by atoms with van der Waals surface area (Å²) in [6, 6.07) is 6.91. The van der Waals surface area contributed by atoms with Crippen molar-refractivity contribution in [3.63, 3.8) is 0 Å². The number of halogens is 2. The highest BCUT2D eigenvalue weighted by Gasteiger charge is 2.11. The molecule has 0 radical (unpaired) electrons. The van der Waals surface area contributed by atoms with E-state index in [0.29, 0.717) is 33.7 Å². The second kappa shape index (κ2) is 6.78. The van der Waals surface area contributed by atoms with Crippen molar-refractivity contribution in [2.24, 2.45) is 0 Å². The lowest BCUT2D eigenvalue weighted by Gasteiger charge is -2.10. The number of rotatable bonds is 4. The molecular formula is C15H15Cl2N3O. The number of aryl methyl sites for hydroxylation is 1. The molecule has 0 spiro atoms.